The zero-order chi connectivity index (χ0) is 26.6. The molecular formula is C29H25FN6O2. The number of benzene rings is 2. The maximum atomic E-state index is 14.8. The van der Waals surface area contributed by atoms with Gasteiger partial charge in [-0.25, -0.2) is 14.4 Å². The van der Waals surface area contributed by atoms with Gasteiger partial charge in [0.2, 0.25) is 0 Å². The van der Waals surface area contributed by atoms with E-state index in [9.17, 15) is 9.18 Å². The third-order valence-electron chi connectivity index (χ3n) is 6.55. The van der Waals surface area contributed by atoms with E-state index >= 15 is 0 Å². The van der Waals surface area contributed by atoms with Crippen molar-refractivity contribution in [2.75, 3.05) is 0 Å². The highest BCUT2D eigenvalue weighted by Crippen LogP contribution is 2.28. The van der Waals surface area contributed by atoms with Crippen LogP contribution in [-0.4, -0.2) is 30.3 Å². The van der Waals surface area contributed by atoms with E-state index in [-0.39, 0.29) is 18.6 Å². The standard InChI is InChI=1S/C29H25FN6O2/c1-19(10-12-31)36-16-23(15-34-36)27-25-11-13-35(28(25)33-17-32-27)18-38-29(37)20(2)22-8-9-24(26(30)14-22)21-6-4-3-5-7-21/h3-9,11,13-17,19-20H,10,18H2,1-2H3/t19-,20?/m0/s1. The van der Waals surface area contributed by atoms with Crippen molar-refractivity contribution in [3.05, 3.63) is 90.9 Å². The molecule has 0 bridgehead atoms. The van der Waals surface area contributed by atoms with E-state index in [0.717, 1.165) is 16.5 Å². The molecule has 2 aromatic carbocycles. The molecule has 0 amide bonds. The molecule has 2 atom stereocenters. The summed E-state index contributed by atoms with van der Waals surface area (Å²) in [6.45, 7) is 3.57. The number of aromatic nitrogens is 5. The van der Waals surface area contributed by atoms with E-state index in [2.05, 4.69) is 21.1 Å². The van der Waals surface area contributed by atoms with Gasteiger partial charge >= 0.3 is 5.97 Å². The Hall–Kier alpha value is -4.84. The van der Waals surface area contributed by atoms with E-state index in [0.29, 0.717) is 28.9 Å². The number of nitriles is 1. The van der Waals surface area contributed by atoms with Crippen molar-refractivity contribution in [1.82, 2.24) is 24.3 Å². The van der Waals surface area contributed by atoms with E-state index in [1.807, 2.05) is 49.5 Å². The molecule has 0 aliphatic heterocycles. The number of halogens is 1. The molecule has 0 aliphatic carbocycles. The third-order valence-corrected chi connectivity index (χ3v) is 6.55. The van der Waals surface area contributed by atoms with Crippen LogP contribution in [-0.2, 0) is 16.3 Å². The second-order valence-corrected chi connectivity index (χ2v) is 9.08. The SMILES string of the molecule is CC(C(=O)OCn1ccc2c(-c3cnn([C@@H](C)CC#N)c3)ncnc21)c1ccc(-c2ccccc2)c(F)c1. The van der Waals surface area contributed by atoms with Crippen LogP contribution in [0.5, 0.6) is 0 Å². The van der Waals surface area contributed by atoms with Gasteiger partial charge in [0, 0.05) is 28.9 Å². The molecule has 0 saturated carbocycles. The average Bonchev–Trinajstić information content (AvgIpc) is 3.60. The zero-order valence-electron chi connectivity index (χ0n) is 21.0. The summed E-state index contributed by atoms with van der Waals surface area (Å²) in [4.78, 5) is 21.6. The van der Waals surface area contributed by atoms with Gasteiger partial charge in [-0.05, 0) is 37.1 Å². The minimum Gasteiger partial charge on any atom is -0.443 e. The maximum Gasteiger partial charge on any atom is 0.314 e. The summed E-state index contributed by atoms with van der Waals surface area (Å²) in [5, 5.41) is 14.1. The number of carbonyl (C=O) groups excluding carboxylic acids is 1. The molecule has 8 nitrogen and oxygen atoms in total. The first kappa shape index (κ1) is 24.8. The highest BCUT2D eigenvalue weighted by atomic mass is 19.1. The van der Waals surface area contributed by atoms with Crippen LogP contribution in [0, 0.1) is 17.1 Å². The summed E-state index contributed by atoms with van der Waals surface area (Å²) in [5.74, 6) is -1.51. The minimum atomic E-state index is -0.650. The molecular weight excluding hydrogens is 483 g/mol. The van der Waals surface area contributed by atoms with E-state index in [1.54, 1.807) is 40.7 Å². The lowest BCUT2D eigenvalue weighted by atomic mass is 9.97. The first-order chi connectivity index (χ1) is 18.5. The smallest absolute Gasteiger partial charge is 0.314 e. The molecule has 0 spiro atoms. The average molecular weight is 509 g/mol. The zero-order valence-corrected chi connectivity index (χ0v) is 21.0. The van der Waals surface area contributed by atoms with Crippen LogP contribution < -0.4 is 0 Å². The molecule has 5 rings (SSSR count). The van der Waals surface area contributed by atoms with Crippen molar-refractivity contribution in [2.24, 2.45) is 0 Å². The Balaban J connectivity index is 1.30. The molecule has 0 aliphatic rings. The summed E-state index contributed by atoms with van der Waals surface area (Å²) in [7, 11) is 0. The Morgan fingerprint density at radius 1 is 1.11 bits per heavy atom. The summed E-state index contributed by atoms with van der Waals surface area (Å²) >= 11 is 0. The number of hydrogen-bond acceptors (Lipinski definition) is 6. The molecule has 3 aromatic heterocycles. The summed E-state index contributed by atoms with van der Waals surface area (Å²) in [6.07, 6.45) is 7.13. The lowest BCUT2D eigenvalue weighted by Gasteiger charge is -2.14. The Morgan fingerprint density at radius 3 is 2.68 bits per heavy atom. The quantitative estimate of drug-likeness (QED) is 0.243. The maximum absolute atomic E-state index is 14.8. The first-order valence-corrected chi connectivity index (χ1v) is 12.2. The van der Waals surface area contributed by atoms with Crippen molar-refractivity contribution in [1.29, 1.82) is 5.26 Å². The third kappa shape index (κ3) is 4.89. The molecule has 0 N–H and O–H groups in total. The normalized spacial score (nSPS) is 12.7. The van der Waals surface area contributed by atoms with Crippen LogP contribution in [0.15, 0.2) is 79.5 Å². The van der Waals surface area contributed by atoms with Crippen LogP contribution in [0.3, 0.4) is 0 Å². The van der Waals surface area contributed by atoms with Crippen molar-refractivity contribution in [2.45, 2.75) is 39.0 Å². The van der Waals surface area contributed by atoms with Gasteiger partial charge in [0.1, 0.15) is 17.8 Å². The van der Waals surface area contributed by atoms with E-state index < -0.39 is 11.9 Å². The number of ether oxygens (including phenoxy) is 1. The van der Waals surface area contributed by atoms with Crippen LogP contribution in [0.2, 0.25) is 0 Å². The van der Waals surface area contributed by atoms with Crippen molar-refractivity contribution in [3.63, 3.8) is 0 Å². The molecule has 38 heavy (non-hydrogen) atoms. The van der Waals surface area contributed by atoms with Gasteiger partial charge in [0.05, 0.1) is 36.3 Å². The molecule has 0 radical (unpaired) electrons. The summed E-state index contributed by atoms with van der Waals surface area (Å²) in [6, 6.07) is 18.0. The van der Waals surface area contributed by atoms with Gasteiger partial charge in [-0.1, -0.05) is 42.5 Å². The number of hydrogen-bond donors (Lipinski definition) is 0. The predicted molar refractivity (Wildman–Crippen MR) is 140 cm³/mol. The molecule has 0 fully saturated rings. The molecule has 9 heteroatoms. The fourth-order valence-electron chi connectivity index (χ4n) is 4.31. The molecule has 5 aromatic rings. The van der Waals surface area contributed by atoms with Crippen LogP contribution in [0.25, 0.3) is 33.4 Å². The van der Waals surface area contributed by atoms with Crippen LogP contribution >= 0.6 is 0 Å². The van der Waals surface area contributed by atoms with Gasteiger partial charge in [0.15, 0.2) is 6.73 Å². The van der Waals surface area contributed by atoms with Gasteiger partial charge < -0.3 is 4.74 Å². The summed E-state index contributed by atoms with van der Waals surface area (Å²) < 4.78 is 23.8. The van der Waals surface area contributed by atoms with Gasteiger partial charge in [-0.3, -0.25) is 14.0 Å². The fraction of sp³-hybridized carbons (Fsp3) is 0.207. The van der Waals surface area contributed by atoms with Crippen LogP contribution in [0.1, 0.15) is 37.8 Å². The molecule has 1 unspecified atom stereocenters. The number of esters is 1. The topological polar surface area (TPSA) is 98.6 Å². The van der Waals surface area contributed by atoms with E-state index in [1.165, 1.54) is 12.4 Å². The second-order valence-electron chi connectivity index (χ2n) is 9.08. The molecule has 190 valence electrons. The Bertz CT molecular complexity index is 1640. The van der Waals surface area contributed by atoms with E-state index in [4.69, 9.17) is 10.00 Å². The number of fused-ring (bicyclic) bond motifs is 1. The van der Waals surface area contributed by atoms with Crippen LogP contribution in [0.4, 0.5) is 4.39 Å². The Kier molecular flexibility index (Phi) is 6.96. The molecule has 0 saturated heterocycles. The highest BCUT2D eigenvalue weighted by molar-refractivity contribution is 5.90. The van der Waals surface area contributed by atoms with Gasteiger partial charge in [-0.2, -0.15) is 10.4 Å². The lowest BCUT2D eigenvalue weighted by Crippen LogP contribution is -2.15. The van der Waals surface area contributed by atoms with Crippen molar-refractivity contribution >= 4 is 17.0 Å². The Morgan fingerprint density at radius 2 is 1.92 bits per heavy atom. The number of nitrogens with zero attached hydrogens (tertiary/aromatic N) is 6. The number of rotatable bonds is 8. The minimum absolute atomic E-state index is 0.0494. The fourth-order valence-corrected chi connectivity index (χ4v) is 4.31. The second kappa shape index (κ2) is 10.6. The molecule has 3 heterocycles. The monoisotopic (exact) mass is 508 g/mol. The largest absolute Gasteiger partial charge is 0.443 e. The van der Waals surface area contributed by atoms with Gasteiger partial charge in [-0.15, -0.1) is 0 Å². The number of carbonyl (C=O) groups is 1. The van der Waals surface area contributed by atoms with Crippen molar-refractivity contribution < 1.29 is 13.9 Å². The van der Waals surface area contributed by atoms with Crippen molar-refractivity contribution in [3.8, 4) is 28.5 Å². The first-order valence-electron chi connectivity index (χ1n) is 12.2. The summed E-state index contributed by atoms with van der Waals surface area (Å²) in [5.41, 5.74) is 3.89. The van der Waals surface area contributed by atoms with Gasteiger partial charge in [0.25, 0.3) is 0 Å². The highest BCUT2D eigenvalue weighted by Gasteiger charge is 2.20. The Labute approximate surface area is 219 Å². The lowest BCUT2D eigenvalue weighted by molar-refractivity contribution is -0.148. The predicted octanol–water partition coefficient (Wildman–Crippen LogP) is 5.88.